The number of halogens is 1. The van der Waals surface area contributed by atoms with Crippen LogP contribution in [-0.4, -0.2) is 69.5 Å². The molecule has 1 amide bonds. The standard InChI is InChI=1S/C19H29ClN4O2S/c1-24(2)18(25)12-22-19(23-17(13-26-3)14-4-5-14)21-10-11-27-16-8-6-15(20)7-9-16/h6-9,14,17H,4-5,10-13H2,1-3H3,(H2,21,22,23). The van der Waals surface area contributed by atoms with Crippen molar-refractivity contribution in [1.82, 2.24) is 15.5 Å². The molecule has 1 atom stereocenters. The van der Waals surface area contributed by atoms with Gasteiger partial charge in [0.2, 0.25) is 5.91 Å². The van der Waals surface area contributed by atoms with E-state index in [1.165, 1.54) is 17.7 Å². The SMILES string of the molecule is COCC(NC(=NCC(=O)N(C)C)NCCSc1ccc(Cl)cc1)C1CC1. The number of carbonyl (C=O) groups excluding carboxylic acids is 1. The van der Waals surface area contributed by atoms with E-state index in [1.807, 2.05) is 24.3 Å². The molecular weight excluding hydrogens is 384 g/mol. The van der Waals surface area contributed by atoms with Crippen LogP contribution in [0.1, 0.15) is 12.8 Å². The molecule has 1 aromatic rings. The maximum Gasteiger partial charge on any atom is 0.243 e. The maximum absolute atomic E-state index is 11.9. The van der Waals surface area contributed by atoms with Crippen LogP contribution < -0.4 is 10.6 Å². The van der Waals surface area contributed by atoms with Crippen molar-refractivity contribution < 1.29 is 9.53 Å². The monoisotopic (exact) mass is 412 g/mol. The Bertz CT molecular complexity index is 621. The molecule has 0 aromatic heterocycles. The summed E-state index contributed by atoms with van der Waals surface area (Å²) in [6, 6.07) is 8.03. The van der Waals surface area contributed by atoms with E-state index < -0.39 is 0 Å². The summed E-state index contributed by atoms with van der Waals surface area (Å²) in [6.45, 7) is 1.49. The Morgan fingerprint density at radius 1 is 1.37 bits per heavy atom. The molecule has 1 fully saturated rings. The lowest BCUT2D eigenvalue weighted by Gasteiger charge is -2.21. The Balaban J connectivity index is 1.86. The lowest BCUT2D eigenvalue weighted by atomic mass is 10.2. The zero-order valence-corrected chi connectivity index (χ0v) is 17.8. The zero-order valence-electron chi connectivity index (χ0n) is 16.2. The second-order valence-electron chi connectivity index (χ2n) is 6.73. The zero-order chi connectivity index (χ0) is 19.6. The molecule has 1 unspecified atom stereocenters. The summed E-state index contributed by atoms with van der Waals surface area (Å²) in [4.78, 5) is 19.0. The van der Waals surface area contributed by atoms with E-state index in [1.54, 1.807) is 37.9 Å². The van der Waals surface area contributed by atoms with Crippen molar-refractivity contribution in [1.29, 1.82) is 0 Å². The van der Waals surface area contributed by atoms with Gasteiger partial charge in [0.15, 0.2) is 5.96 Å². The van der Waals surface area contributed by atoms with Crippen molar-refractivity contribution in [3.63, 3.8) is 0 Å². The molecule has 150 valence electrons. The molecule has 0 aliphatic heterocycles. The highest BCUT2D eigenvalue weighted by atomic mass is 35.5. The van der Waals surface area contributed by atoms with Gasteiger partial charge in [-0.25, -0.2) is 4.99 Å². The number of guanidine groups is 1. The summed E-state index contributed by atoms with van der Waals surface area (Å²) in [5, 5.41) is 7.51. The van der Waals surface area contributed by atoms with Gasteiger partial charge in [0.1, 0.15) is 6.54 Å². The molecule has 0 spiro atoms. The van der Waals surface area contributed by atoms with Crippen molar-refractivity contribution in [2.45, 2.75) is 23.8 Å². The summed E-state index contributed by atoms with van der Waals surface area (Å²) in [5.74, 6) is 2.13. The van der Waals surface area contributed by atoms with Crippen molar-refractivity contribution in [2.24, 2.45) is 10.9 Å². The van der Waals surface area contributed by atoms with Crippen LogP contribution in [0.25, 0.3) is 0 Å². The second kappa shape index (κ2) is 11.4. The summed E-state index contributed by atoms with van der Waals surface area (Å²) in [7, 11) is 5.18. The topological polar surface area (TPSA) is 66.0 Å². The third-order valence-corrected chi connectivity index (χ3v) is 5.47. The number of benzene rings is 1. The molecule has 1 aliphatic rings. The van der Waals surface area contributed by atoms with Crippen LogP contribution in [0.2, 0.25) is 5.02 Å². The van der Waals surface area contributed by atoms with Crippen LogP contribution in [0.3, 0.4) is 0 Å². The van der Waals surface area contributed by atoms with Crippen LogP contribution in [-0.2, 0) is 9.53 Å². The molecule has 1 aromatic carbocycles. The van der Waals surface area contributed by atoms with E-state index in [0.717, 1.165) is 17.3 Å². The van der Waals surface area contributed by atoms with Gasteiger partial charge in [-0.15, -0.1) is 11.8 Å². The van der Waals surface area contributed by atoms with Gasteiger partial charge < -0.3 is 20.3 Å². The van der Waals surface area contributed by atoms with Crippen LogP contribution >= 0.6 is 23.4 Å². The molecule has 8 heteroatoms. The summed E-state index contributed by atoms with van der Waals surface area (Å²) in [6.07, 6.45) is 2.41. The normalized spacial score (nSPS) is 15.3. The summed E-state index contributed by atoms with van der Waals surface area (Å²) in [5.41, 5.74) is 0. The van der Waals surface area contributed by atoms with E-state index >= 15 is 0 Å². The summed E-state index contributed by atoms with van der Waals surface area (Å²) >= 11 is 7.66. The van der Waals surface area contributed by atoms with Gasteiger partial charge in [-0.2, -0.15) is 0 Å². The number of hydrogen-bond acceptors (Lipinski definition) is 4. The predicted molar refractivity (Wildman–Crippen MR) is 113 cm³/mol. The third kappa shape index (κ3) is 8.41. The first kappa shape index (κ1) is 21.9. The number of ether oxygens (including phenoxy) is 1. The molecule has 27 heavy (non-hydrogen) atoms. The van der Waals surface area contributed by atoms with Gasteiger partial charge in [-0.05, 0) is 43.0 Å². The molecule has 2 N–H and O–H groups in total. The number of hydrogen-bond donors (Lipinski definition) is 2. The second-order valence-corrected chi connectivity index (χ2v) is 8.33. The highest BCUT2D eigenvalue weighted by Crippen LogP contribution is 2.32. The Morgan fingerprint density at radius 2 is 2.07 bits per heavy atom. The van der Waals surface area contributed by atoms with E-state index in [2.05, 4.69) is 15.6 Å². The number of nitrogens with zero attached hydrogens (tertiary/aromatic N) is 2. The molecule has 0 saturated heterocycles. The minimum absolute atomic E-state index is 0.0265. The molecule has 1 aliphatic carbocycles. The third-order valence-electron chi connectivity index (χ3n) is 4.21. The maximum atomic E-state index is 11.9. The Morgan fingerprint density at radius 3 is 2.67 bits per heavy atom. The summed E-state index contributed by atoms with van der Waals surface area (Å²) < 4.78 is 5.33. The molecule has 0 bridgehead atoms. The number of nitrogens with one attached hydrogen (secondary N) is 2. The van der Waals surface area contributed by atoms with Gasteiger partial charge in [0.25, 0.3) is 0 Å². The van der Waals surface area contributed by atoms with Crippen molar-refractivity contribution in [3.05, 3.63) is 29.3 Å². The fourth-order valence-corrected chi connectivity index (χ4v) is 3.35. The highest BCUT2D eigenvalue weighted by Gasteiger charge is 2.31. The van der Waals surface area contributed by atoms with Gasteiger partial charge in [0.05, 0.1) is 12.6 Å². The van der Waals surface area contributed by atoms with Crippen LogP contribution in [0.4, 0.5) is 0 Å². The Labute approximate surface area is 171 Å². The number of amides is 1. The Kier molecular flexibility index (Phi) is 9.24. The van der Waals surface area contributed by atoms with Crippen LogP contribution in [0, 0.1) is 5.92 Å². The molecule has 0 radical (unpaired) electrons. The van der Waals surface area contributed by atoms with Gasteiger partial charge in [0, 0.05) is 43.4 Å². The highest BCUT2D eigenvalue weighted by molar-refractivity contribution is 7.99. The first-order valence-electron chi connectivity index (χ1n) is 9.12. The van der Waals surface area contributed by atoms with E-state index in [-0.39, 0.29) is 18.5 Å². The van der Waals surface area contributed by atoms with Crippen LogP contribution in [0.5, 0.6) is 0 Å². The number of rotatable bonds is 10. The molecular formula is C19H29ClN4O2S. The molecule has 0 heterocycles. The van der Waals surface area contributed by atoms with E-state index in [4.69, 9.17) is 16.3 Å². The minimum atomic E-state index is -0.0265. The van der Waals surface area contributed by atoms with E-state index in [9.17, 15) is 4.79 Å². The average molecular weight is 413 g/mol. The van der Waals surface area contributed by atoms with Gasteiger partial charge >= 0.3 is 0 Å². The smallest absolute Gasteiger partial charge is 0.243 e. The van der Waals surface area contributed by atoms with E-state index in [0.29, 0.717) is 18.5 Å². The molecule has 6 nitrogen and oxygen atoms in total. The number of aliphatic imine (C=N–C) groups is 1. The minimum Gasteiger partial charge on any atom is -0.383 e. The average Bonchev–Trinajstić information content (AvgIpc) is 3.48. The number of methoxy groups -OCH3 is 1. The first-order valence-corrected chi connectivity index (χ1v) is 10.5. The number of likely N-dealkylation sites (N-methyl/N-ethyl adjacent to an activating group) is 1. The lowest BCUT2D eigenvalue weighted by Crippen LogP contribution is -2.47. The molecule has 1 saturated carbocycles. The number of thioether (sulfide) groups is 1. The van der Waals surface area contributed by atoms with Crippen LogP contribution in [0.15, 0.2) is 34.2 Å². The Hall–Kier alpha value is -1.44. The lowest BCUT2D eigenvalue weighted by molar-refractivity contribution is -0.127. The predicted octanol–water partition coefficient (Wildman–Crippen LogP) is 2.48. The quantitative estimate of drug-likeness (QED) is 0.267. The van der Waals surface area contributed by atoms with Crippen molar-refractivity contribution in [3.8, 4) is 0 Å². The molecule has 2 rings (SSSR count). The van der Waals surface area contributed by atoms with Crippen molar-refractivity contribution >= 4 is 35.2 Å². The fraction of sp³-hybridized carbons (Fsp3) is 0.579. The van der Waals surface area contributed by atoms with Gasteiger partial charge in [-0.3, -0.25) is 4.79 Å². The number of carbonyl (C=O) groups is 1. The van der Waals surface area contributed by atoms with Crippen molar-refractivity contribution in [2.75, 3.05) is 46.7 Å². The first-order chi connectivity index (χ1) is 13.0. The van der Waals surface area contributed by atoms with Gasteiger partial charge in [-0.1, -0.05) is 11.6 Å². The largest absolute Gasteiger partial charge is 0.383 e. The fourth-order valence-electron chi connectivity index (χ4n) is 2.46.